The zero-order valence-electron chi connectivity index (χ0n) is 23.4. The lowest BCUT2D eigenvalue weighted by atomic mass is 9.81. The fourth-order valence-electron chi connectivity index (χ4n) is 5.51. The van der Waals surface area contributed by atoms with Gasteiger partial charge in [0.25, 0.3) is 5.91 Å². The average molecular weight is 603 g/mol. The fraction of sp³-hybridized carbons (Fsp3) is 0.467. The van der Waals surface area contributed by atoms with Crippen molar-refractivity contribution in [2.24, 2.45) is 11.8 Å². The van der Waals surface area contributed by atoms with E-state index in [9.17, 15) is 22.8 Å². The number of aromatic nitrogens is 2. The molecule has 0 unspecified atom stereocenters. The van der Waals surface area contributed by atoms with Crippen LogP contribution in [0, 0.1) is 11.8 Å². The van der Waals surface area contributed by atoms with Gasteiger partial charge in [0.15, 0.2) is 11.4 Å². The van der Waals surface area contributed by atoms with E-state index in [4.69, 9.17) is 18.6 Å². The van der Waals surface area contributed by atoms with E-state index in [1.165, 1.54) is 18.7 Å². The average Bonchev–Trinajstić information content (AvgIpc) is 3.68. The molecule has 230 valence electrons. The molecule has 1 aliphatic carbocycles. The van der Waals surface area contributed by atoms with Crippen molar-refractivity contribution in [2.75, 3.05) is 25.3 Å². The van der Waals surface area contributed by atoms with Gasteiger partial charge in [0, 0.05) is 18.7 Å². The van der Waals surface area contributed by atoms with E-state index in [1.54, 1.807) is 17.0 Å². The molecule has 5 rings (SSSR count). The quantitative estimate of drug-likeness (QED) is 0.234. The van der Waals surface area contributed by atoms with Crippen LogP contribution in [0.3, 0.4) is 0 Å². The van der Waals surface area contributed by atoms with Crippen LogP contribution in [0.15, 0.2) is 65.5 Å². The maximum atomic E-state index is 13.6. The molecule has 3 heterocycles. The Bertz CT molecular complexity index is 1330. The number of halogens is 3. The van der Waals surface area contributed by atoms with E-state index in [-0.39, 0.29) is 75.1 Å². The number of ether oxygens (including phenoxy) is 3. The Morgan fingerprint density at radius 1 is 1.02 bits per heavy atom. The van der Waals surface area contributed by atoms with E-state index in [1.807, 2.05) is 30.3 Å². The second kappa shape index (κ2) is 14.0. The lowest BCUT2D eigenvalue weighted by Crippen LogP contribution is -2.44. The predicted molar refractivity (Wildman–Crippen MR) is 147 cm³/mol. The summed E-state index contributed by atoms with van der Waals surface area (Å²) < 4.78 is 62.3. The molecule has 1 N–H and O–H groups in total. The van der Waals surface area contributed by atoms with E-state index in [0.717, 1.165) is 5.56 Å². The molecule has 1 saturated carbocycles. The summed E-state index contributed by atoms with van der Waals surface area (Å²) in [5.41, 5.74) is 0.998. The van der Waals surface area contributed by atoms with Gasteiger partial charge in [-0.1, -0.05) is 30.3 Å². The topological polar surface area (TPSA) is 116 Å². The molecule has 2 fully saturated rings. The first kappa shape index (κ1) is 30.5. The van der Waals surface area contributed by atoms with E-state index >= 15 is 0 Å². The van der Waals surface area contributed by atoms with Crippen LogP contribution in [-0.4, -0.2) is 64.9 Å². The number of anilines is 1. The van der Waals surface area contributed by atoms with Crippen molar-refractivity contribution < 1.29 is 41.4 Å². The second-order valence-corrected chi connectivity index (χ2v) is 10.7. The molecule has 13 heteroatoms. The molecule has 1 saturated heterocycles. The predicted octanol–water partition coefficient (Wildman–Crippen LogP) is 5.23. The lowest BCUT2D eigenvalue weighted by Gasteiger charge is -2.33. The number of nitrogens with one attached hydrogen (secondary N) is 1. The van der Waals surface area contributed by atoms with Crippen LogP contribution >= 0.6 is 0 Å². The molecule has 2 aromatic heterocycles. The molecule has 2 amide bonds. The summed E-state index contributed by atoms with van der Waals surface area (Å²) >= 11 is 0. The van der Waals surface area contributed by atoms with Crippen molar-refractivity contribution in [2.45, 2.75) is 57.0 Å². The molecule has 3 aromatic rings. The first-order valence-electron chi connectivity index (χ1n) is 14.2. The third kappa shape index (κ3) is 8.11. The number of carbonyl (C=O) groups is 2. The van der Waals surface area contributed by atoms with Crippen LogP contribution in [0.2, 0.25) is 0 Å². The van der Waals surface area contributed by atoms with E-state index in [2.05, 4.69) is 15.3 Å². The minimum Gasteiger partial charge on any atom is -0.489 e. The van der Waals surface area contributed by atoms with Gasteiger partial charge in [-0.05, 0) is 49.8 Å². The Kier molecular flexibility index (Phi) is 9.93. The molecule has 0 radical (unpaired) electrons. The number of pyridine rings is 1. The van der Waals surface area contributed by atoms with Gasteiger partial charge in [-0.25, -0.2) is 9.97 Å². The molecule has 10 nitrogen and oxygen atoms in total. The molecule has 1 aromatic carbocycles. The molecule has 2 aliphatic rings. The largest absolute Gasteiger partial charge is 0.489 e. The number of benzene rings is 1. The fourth-order valence-corrected chi connectivity index (χ4v) is 5.51. The lowest BCUT2D eigenvalue weighted by molar-refractivity contribution is -0.185. The minimum atomic E-state index is -4.25. The van der Waals surface area contributed by atoms with E-state index < -0.39 is 30.0 Å². The molecule has 43 heavy (non-hydrogen) atoms. The molecule has 0 spiro atoms. The van der Waals surface area contributed by atoms with Gasteiger partial charge in [0.2, 0.25) is 5.91 Å². The summed E-state index contributed by atoms with van der Waals surface area (Å²) in [7, 11) is 0. The molecular formula is C30H33F3N4O6. The number of hydrogen-bond acceptors (Lipinski definition) is 8. The first-order valence-corrected chi connectivity index (χ1v) is 14.2. The number of carbonyl (C=O) groups excluding carboxylic acids is 2. The minimum absolute atomic E-state index is 0.00360. The van der Waals surface area contributed by atoms with Gasteiger partial charge >= 0.3 is 12.2 Å². The van der Waals surface area contributed by atoms with Gasteiger partial charge in [0.05, 0.1) is 30.9 Å². The van der Waals surface area contributed by atoms with Crippen molar-refractivity contribution in [1.82, 2.24) is 14.9 Å². The number of amides is 2. The number of likely N-dealkylation sites (tertiary alicyclic amines) is 1. The molecule has 1 aliphatic heterocycles. The summed E-state index contributed by atoms with van der Waals surface area (Å²) in [6.07, 6.45) is 0.172. The highest BCUT2D eigenvalue weighted by atomic mass is 19.4. The van der Waals surface area contributed by atoms with Crippen LogP contribution in [0.25, 0.3) is 0 Å². The Morgan fingerprint density at radius 3 is 2.53 bits per heavy atom. The molecule has 0 bridgehead atoms. The number of hydrogen-bond donors (Lipinski definition) is 1. The number of alkyl halides is 3. The van der Waals surface area contributed by atoms with Crippen molar-refractivity contribution in [3.8, 4) is 5.75 Å². The third-order valence-electron chi connectivity index (χ3n) is 7.77. The Hall–Kier alpha value is -3.97. The Morgan fingerprint density at radius 2 is 1.81 bits per heavy atom. The van der Waals surface area contributed by atoms with Crippen LogP contribution in [0.5, 0.6) is 5.75 Å². The van der Waals surface area contributed by atoms with Crippen LogP contribution in [0.1, 0.15) is 48.2 Å². The van der Waals surface area contributed by atoms with Crippen LogP contribution in [0.4, 0.5) is 19.2 Å². The van der Waals surface area contributed by atoms with Crippen LogP contribution in [-0.2, 0) is 20.9 Å². The van der Waals surface area contributed by atoms with Gasteiger partial charge in [-0.3, -0.25) is 14.9 Å². The summed E-state index contributed by atoms with van der Waals surface area (Å²) in [4.78, 5) is 36.0. The Balaban J connectivity index is 1.22. The van der Waals surface area contributed by atoms with Crippen molar-refractivity contribution in [1.29, 1.82) is 0 Å². The summed E-state index contributed by atoms with van der Waals surface area (Å²) in [6.45, 7) is 0.662. The van der Waals surface area contributed by atoms with Crippen molar-refractivity contribution in [3.63, 3.8) is 0 Å². The van der Waals surface area contributed by atoms with Gasteiger partial charge in [-0.2, -0.15) is 13.2 Å². The monoisotopic (exact) mass is 602 g/mol. The number of oxazole rings is 1. The highest BCUT2D eigenvalue weighted by molar-refractivity contribution is 6.03. The molecular weight excluding hydrogens is 569 g/mol. The zero-order valence-corrected chi connectivity index (χ0v) is 23.4. The Labute approximate surface area is 246 Å². The number of nitrogens with zero attached hydrogens (tertiary/aromatic N) is 3. The SMILES string of the molecule is O=C(Nc1ncco1)c1ncccc1OC[C@H]1C[C@@H](OCOCc2ccccc2)CN1C(=O)[C@H]1CC[C@H](C(F)(F)F)CC1. The van der Waals surface area contributed by atoms with Crippen molar-refractivity contribution in [3.05, 3.63) is 72.4 Å². The number of rotatable bonds is 11. The maximum absolute atomic E-state index is 13.6. The normalized spacial score (nSPS) is 22.3. The smallest absolute Gasteiger partial charge is 0.391 e. The van der Waals surface area contributed by atoms with Gasteiger partial charge in [-0.15, -0.1) is 0 Å². The van der Waals surface area contributed by atoms with Gasteiger partial charge < -0.3 is 23.5 Å². The molecule has 2 atom stereocenters. The van der Waals surface area contributed by atoms with Gasteiger partial charge in [0.1, 0.15) is 19.7 Å². The zero-order chi connectivity index (χ0) is 30.2. The van der Waals surface area contributed by atoms with Crippen molar-refractivity contribution >= 4 is 17.8 Å². The summed E-state index contributed by atoms with van der Waals surface area (Å²) in [5, 5.41) is 2.50. The van der Waals surface area contributed by atoms with E-state index in [0.29, 0.717) is 13.0 Å². The standard InChI is InChI=1S/C30H33F3N4O6/c31-30(32,33)22-10-8-21(9-11-22)28(39)37-16-24(43-19-40-17-20-5-2-1-3-6-20)15-23(37)18-42-25-7-4-12-34-26(25)27(38)36-29-35-13-14-41-29/h1-7,12-14,21-24H,8-11,15-19H2,(H,35,36,38)/t21-,22-,23-,24-/m1/s1. The maximum Gasteiger partial charge on any atom is 0.391 e. The summed E-state index contributed by atoms with van der Waals surface area (Å²) in [5.74, 6) is -2.48. The highest BCUT2D eigenvalue weighted by Gasteiger charge is 2.45. The second-order valence-electron chi connectivity index (χ2n) is 10.7. The highest BCUT2D eigenvalue weighted by Crippen LogP contribution is 2.40. The van der Waals surface area contributed by atoms with Crippen LogP contribution < -0.4 is 10.1 Å². The summed E-state index contributed by atoms with van der Waals surface area (Å²) in [6, 6.07) is 12.4. The first-order chi connectivity index (χ1) is 20.8. The third-order valence-corrected chi connectivity index (χ3v) is 7.77.